The highest BCUT2D eigenvalue weighted by atomic mass is 19.4. The van der Waals surface area contributed by atoms with Crippen molar-refractivity contribution in [2.45, 2.75) is 32.5 Å². The van der Waals surface area contributed by atoms with E-state index in [1.807, 2.05) is 18.2 Å². The van der Waals surface area contributed by atoms with E-state index in [0.29, 0.717) is 17.2 Å². The van der Waals surface area contributed by atoms with Crippen molar-refractivity contribution in [1.29, 1.82) is 0 Å². The molecule has 2 aromatic carbocycles. The van der Waals surface area contributed by atoms with Gasteiger partial charge in [0.25, 0.3) is 5.56 Å². The zero-order valence-electron chi connectivity index (χ0n) is 16.1. The zero-order valence-corrected chi connectivity index (χ0v) is 16.1. The summed E-state index contributed by atoms with van der Waals surface area (Å²) in [4.78, 5) is 12.1. The van der Waals surface area contributed by atoms with E-state index in [1.165, 1.54) is 17.7 Å². The lowest BCUT2D eigenvalue weighted by Crippen LogP contribution is -2.23. The number of rotatable bonds is 5. The Kier molecular flexibility index (Phi) is 6.01. The van der Waals surface area contributed by atoms with Crippen LogP contribution in [0.5, 0.6) is 0 Å². The molecule has 0 amide bonds. The standard InChI is InChI=1S/C23H21F3N2O/c1-16(2)19-9-6-17(7-10-19)8-11-21-12-13-22(29)28(27-21)15-18-4-3-5-20(14-18)23(24,25)26/h3-14,16H,15H2,1-2H3/b11-8+. The minimum atomic E-state index is -4.43. The third-order valence-electron chi connectivity index (χ3n) is 4.52. The average Bonchev–Trinajstić information content (AvgIpc) is 2.68. The van der Waals surface area contributed by atoms with E-state index in [0.717, 1.165) is 22.4 Å². The van der Waals surface area contributed by atoms with Gasteiger partial charge < -0.3 is 0 Å². The summed E-state index contributed by atoms with van der Waals surface area (Å²) in [7, 11) is 0. The lowest BCUT2D eigenvalue weighted by Gasteiger charge is -2.10. The summed E-state index contributed by atoms with van der Waals surface area (Å²) >= 11 is 0. The van der Waals surface area contributed by atoms with Crippen LogP contribution in [0.4, 0.5) is 13.2 Å². The lowest BCUT2D eigenvalue weighted by molar-refractivity contribution is -0.137. The van der Waals surface area contributed by atoms with E-state index in [2.05, 4.69) is 31.1 Å². The van der Waals surface area contributed by atoms with Gasteiger partial charge >= 0.3 is 6.18 Å². The third kappa shape index (κ3) is 5.44. The first-order chi connectivity index (χ1) is 13.7. The highest BCUT2D eigenvalue weighted by Crippen LogP contribution is 2.29. The summed E-state index contributed by atoms with van der Waals surface area (Å²) in [6.45, 7) is 4.22. The number of aromatic nitrogens is 2. The minimum absolute atomic E-state index is 0.0342. The van der Waals surface area contributed by atoms with E-state index in [4.69, 9.17) is 0 Å². The molecule has 0 saturated heterocycles. The largest absolute Gasteiger partial charge is 0.416 e. The van der Waals surface area contributed by atoms with Crippen molar-refractivity contribution >= 4 is 12.2 Å². The predicted molar refractivity (Wildman–Crippen MR) is 109 cm³/mol. The normalized spacial score (nSPS) is 12.1. The van der Waals surface area contributed by atoms with E-state index in [-0.39, 0.29) is 12.1 Å². The molecule has 0 N–H and O–H groups in total. The molecule has 1 heterocycles. The number of hydrogen-bond acceptors (Lipinski definition) is 2. The van der Waals surface area contributed by atoms with Crippen molar-refractivity contribution in [3.8, 4) is 0 Å². The summed E-state index contributed by atoms with van der Waals surface area (Å²) in [5.74, 6) is 0.453. The first-order valence-electron chi connectivity index (χ1n) is 9.25. The topological polar surface area (TPSA) is 34.9 Å². The molecule has 0 saturated carbocycles. The first-order valence-corrected chi connectivity index (χ1v) is 9.25. The molecule has 0 aliphatic carbocycles. The Balaban J connectivity index is 1.80. The maximum absolute atomic E-state index is 12.9. The molecule has 0 aliphatic heterocycles. The fraction of sp³-hybridized carbons (Fsp3) is 0.217. The molecule has 0 fully saturated rings. The molecule has 3 aromatic rings. The van der Waals surface area contributed by atoms with Crippen molar-refractivity contribution in [1.82, 2.24) is 9.78 Å². The second-order valence-corrected chi connectivity index (χ2v) is 7.11. The average molecular weight is 398 g/mol. The van der Waals surface area contributed by atoms with Crippen molar-refractivity contribution in [2.24, 2.45) is 0 Å². The summed E-state index contributed by atoms with van der Waals surface area (Å²) in [6, 6.07) is 16.0. The minimum Gasteiger partial charge on any atom is -0.268 e. The molecule has 1 aromatic heterocycles. The SMILES string of the molecule is CC(C)c1ccc(/C=C/c2ccc(=O)n(Cc3cccc(C(F)(F)F)c3)n2)cc1. The van der Waals surface area contributed by atoms with Gasteiger partial charge in [-0.25, -0.2) is 4.68 Å². The van der Waals surface area contributed by atoms with Gasteiger partial charge in [0.05, 0.1) is 17.8 Å². The van der Waals surface area contributed by atoms with E-state index < -0.39 is 11.7 Å². The maximum atomic E-state index is 12.9. The fourth-order valence-corrected chi connectivity index (χ4v) is 2.86. The Morgan fingerprint density at radius 2 is 1.72 bits per heavy atom. The summed E-state index contributed by atoms with van der Waals surface area (Å²) in [5, 5.41) is 4.26. The van der Waals surface area contributed by atoms with Crippen LogP contribution in [0, 0.1) is 0 Å². The monoisotopic (exact) mass is 398 g/mol. The van der Waals surface area contributed by atoms with Gasteiger partial charge in [-0.1, -0.05) is 56.3 Å². The van der Waals surface area contributed by atoms with Crippen LogP contribution in [-0.4, -0.2) is 9.78 Å². The number of hydrogen-bond donors (Lipinski definition) is 0. The van der Waals surface area contributed by atoms with Crippen molar-refractivity contribution in [3.63, 3.8) is 0 Å². The summed E-state index contributed by atoms with van der Waals surface area (Å²) in [6.07, 6.45) is -0.776. The van der Waals surface area contributed by atoms with E-state index in [9.17, 15) is 18.0 Å². The fourth-order valence-electron chi connectivity index (χ4n) is 2.86. The second-order valence-electron chi connectivity index (χ2n) is 7.11. The van der Waals surface area contributed by atoms with Gasteiger partial charge in [0.1, 0.15) is 0 Å². The van der Waals surface area contributed by atoms with Crippen LogP contribution in [0.25, 0.3) is 12.2 Å². The first kappa shape index (κ1) is 20.6. The van der Waals surface area contributed by atoms with E-state index in [1.54, 1.807) is 18.2 Å². The molecule has 0 radical (unpaired) electrons. The Morgan fingerprint density at radius 1 is 1.00 bits per heavy atom. The number of nitrogens with zero attached hydrogens (tertiary/aromatic N) is 2. The Hall–Kier alpha value is -3.15. The van der Waals surface area contributed by atoms with Crippen LogP contribution in [0.2, 0.25) is 0 Å². The number of benzene rings is 2. The molecule has 29 heavy (non-hydrogen) atoms. The van der Waals surface area contributed by atoms with Crippen LogP contribution < -0.4 is 5.56 Å². The maximum Gasteiger partial charge on any atom is 0.416 e. The van der Waals surface area contributed by atoms with Gasteiger partial charge in [-0.15, -0.1) is 0 Å². The van der Waals surface area contributed by atoms with Crippen LogP contribution >= 0.6 is 0 Å². The van der Waals surface area contributed by atoms with Crippen molar-refractivity contribution in [3.05, 3.63) is 99.0 Å². The molecule has 0 aliphatic rings. The van der Waals surface area contributed by atoms with Gasteiger partial charge in [-0.3, -0.25) is 4.79 Å². The molecule has 0 unspecified atom stereocenters. The Morgan fingerprint density at radius 3 is 2.38 bits per heavy atom. The Bertz CT molecular complexity index is 1060. The van der Waals surface area contributed by atoms with Gasteiger partial charge in [0.2, 0.25) is 0 Å². The zero-order chi connectivity index (χ0) is 21.0. The molecule has 0 bridgehead atoms. The molecule has 3 rings (SSSR count). The van der Waals surface area contributed by atoms with Gasteiger partial charge in [0.15, 0.2) is 0 Å². The number of halogens is 3. The molecular weight excluding hydrogens is 377 g/mol. The number of alkyl halides is 3. The van der Waals surface area contributed by atoms with Crippen LogP contribution in [0.3, 0.4) is 0 Å². The quantitative estimate of drug-likeness (QED) is 0.560. The smallest absolute Gasteiger partial charge is 0.268 e. The predicted octanol–water partition coefficient (Wildman–Crippen LogP) is 5.60. The van der Waals surface area contributed by atoms with Gasteiger partial charge in [-0.05, 0) is 46.9 Å². The lowest BCUT2D eigenvalue weighted by atomic mass is 10.0. The van der Waals surface area contributed by atoms with Gasteiger partial charge in [0, 0.05) is 6.07 Å². The van der Waals surface area contributed by atoms with Crippen LogP contribution in [0.1, 0.15) is 47.7 Å². The Labute approximate surface area is 167 Å². The molecule has 0 spiro atoms. The second kappa shape index (κ2) is 8.47. The molecule has 3 nitrogen and oxygen atoms in total. The van der Waals surface area contributed by atoms with Crippen LogP contribution in [-0.2, 0) is 12.7 Å². The molecule has 0 atom stereocenters. The molecule has 6 heteroatoms. The highest BCUT2D eigenvalue weighted by molar-refractivity contribution is 5.67. The van der Waals surface area contributed by atoms with Crippen LogP contribution in [0.15, 0.2) is 65.5 Å². The third-order valence-corrected chi connectivity index (χ3v) is 4.52. The summed E-state index contributed by atoms with van der Waals surface area (Å²) < 4.78 is 39.8. The molecule has 150 valence electrons. The van der Waals surface area contributed by atoms with E-state index >= 15 is 0 Å². The summed E-state index contributed by atoms with van der Waals surface area (Å²) in [5.41, 5.74) is 2.02. The van der Waals surface area contributed by atoms with Crippen molar-refractivity contribution in [2.75, 3.05) is 0 Å². The highest BCUT2D eigenvalue weighted by Gasteiger charge is 2.30. The van der Waals surface area contributed by atoms with Crippen molar-refractivity contribution < 1.29 is 13.2 Å². The molecular formula is C23H21F3N2O. The van der Waals surface area contributed by atoms with Gasteiger partial charge in [-0.2, -0.15) is 18.3 Å².